The molecule has 1 amide bonds. The molecule has 188 valence electrons. The maximum absolute atomic E-state index is 14.6. The Morgan fingerprint density at radius 1 is 0.972 bits per heavy atom. The molecule has 0 N–H and O–H groups in total. The molecule has 0 aliphatic heterocycles. The van der Waals surface area contributed by atoms with Gasteiger partial charge in [0.25, 0.3) is 5.91 Å². The number of amides is 1. The van der Waals surface area contributed by atoms with Gasteiger partial charge >= 0.3 is 5.97 Å². The van der Waals surface area contributed by atoms with Crippen molar-refractivity contribution in [1.29, 1.82) is 0 Å². The molecule has 0 saturated carbocycles. The number of hydrogen-bond acceptors (Lipinski definition) is 4. The van der Waals surface area contributed by atoms with Gasteiger partial charge in [-0.3, -0.25) is 9.79 Å². The topological polar surface area (TPSA) is 59.0 Å². The largest absolute Gasteiger partial charge is 0.458 e. The van der Waals surface area contributed by atoms with Gasteiger partial charge in [0.05, 0.1) is 11.3 Å². The number of esters is 1. The van der Waals surface area contributed by atoms with Gasteiger partial charge in [-0.15, -0.1) is 0 Å². The summed E-state index contributed by atoms with van der Waals surface area (Å²) in [5.41, 5.74) is 2.34. The fourth-order valence-corrected chi connectivity index (χ4v) is 4.38. The monoisotopic (exact) mass is 600 g/mol. The number of hydrogen-bond donors (Lipinski definition) is 0. The molecule has 0 bridgehead atoms. The normalized spacial score (nSPS) is 12.0. The van der Waals surface area contributed by atoms with Crippen LogP contribution in [-0.4, -0.2) is 48.2 Å². The highest BCUT2D eigenvalue weighted by atomic mass is 127. The Balaban J connectivity index is 2.15. The van der Waals surface area contributed by atoms with Crippen LogP contribution in [0.5, 0.6) is 0 Å². The smallest absolute Gasteiger partial charge is 0.331 e. The summed E-state index contributed by atoms with van der Waals surface area (Å²) in [6, 6.07) is 20.8. The molecule has 0 aromatic heterocycles. The van der Waals surface area contributed by atoms with Gasteiger partial charge in [-0.05, 0) is 61.1 Å². The Kier molecular flexibility index (Phi) is 9.00. The molecule has 0 spiro atoms. The quantitative estimate of drug-likeness (QED) is 0.192. The molecule has 0 fully saturated rings. The number of halogens is 2. The van der Waals surface area contributed by atoms with Gasteiger partial charge in [0, 0.05) is 35.2 Å². The second kappa shape index (κ2) is 11.8. The summed E-state index contributed by atoms with van der Waals surface area (Å²) in [5, 5.41) is 0. The van der Waals surface area contributed by atoms with E-state index in [2.05, 4.69) is 0 Å². The molecule has 1 unspecified atom stereocenters. The van der Waals surface area contributed by atoms with E-state index in [0.29, 0.717) is 14.8 Å². The summed E-state index contributed by atoms with van der Waals surface area (Å²) in [6.07, 6.45) is 0.0713. The lowest BCUT2D eigenvalue weighted by atomic mass is 9.99. The number of nitrogens with zero attached hydrogens (tertiary/aromatic N) is 2. The zero-order valence-corrected chi connectivity index (χ0v) is 23.2. The van der Waals surface area contributed by atoms with Crippen LogP contribution in [0.2, 0.25) is 0 Å². The van der Waals surface area contributed by atoms with E-state index in [0.717, 1.165) is 11.1 Å². The number of aliphatic imine (C=N–C) groups is 1. The van der Waals surface area contributed by atoms with E-state index >= 15 is 0 Å². The van der Waals surface area contributed by atoms with Crippen LogP contribution in [-0.2, 0) is 16.0 Å². The second-order valence-corrected chi connectivity index (χ2v) is 10.7. The van der Waals surface area contributed by atoms with Crippen molar-refractivity contribution in [3.63, 3.8) is 0 Å². The van der Waals surface area contributed by atoms with Crippen LogP contribution in [0.1, 0.15) is 47.8 Å². The number of benzene rings is 3. The third-order valence-electron chi connectivity index (χ3n) is 5.22. The van der Waals surface area contributed by atoms with Gasteiger partial charge in [0.2, 0.25) is 0 Å². The van der Waals surface area contributed by atoms with Crippen LogP contribution < -0.4 is 0 Å². The Morgan fingerprint density at radius 2 is 1.50 bits per heavy atom. The fraction of sp³-hybridized carbons (Fsp3) is 0.276. The minimum absolute atomic E-state index is 0.0713. The van der Waals surface area contributed by atoms with E-state index in [-0.39, 0.29) is 17.9 Å². The number of carbonyl (C=O) groups excluding carboxylic acids is 2. The minimum atomic E-state index is -0.961. The standard InChI is InChI=1S/C29H30FIN2O3/c1-29(2,3)36-28(35)24(17-21-16-22(30)18-23(25(21)31)27(34)33(4)5)32-26(19-12-8-6-9-13-19)20-14-10-7-11-15-20/h6-16,18,24H,17H2,1-5H3. The molecule has 5 nitrogen and oxygen atoms in total. The maximum Gasteiger partial charge on any atom is 0.331 e. The zero-order valence-electron chi connectivity index (χ0n) is 21.1. The highest BCUT2D eigenvalue weighted by molar-refractivity contribution is 14.1. The average molecular weight is 600 g/mol. The van der Waals surface area contributed by atoms with Gasteiger partial charge in [0.15, 0.2) is 6.04 Å². The highest BCUT2D eigenvalue weighted by Gasteiger charge is 2.28. The predicted octanol–water partition coefficient (Wildman–Crippen LogP) is 5.92. The van der Waals surface area contributed by atoms with Gasteiger partial charge in [-0.1, -0.05) is 60.7 Å². The molecule has 1 atom stereocenters. The third kappa shape index (κ3) is 7.22. The van der Waals surface area contributed by atoms with E-state index in [1.807, 2.05) is 83.3 Å². The van der Waals surface area contributed by atoms with E-state index < -0.39 is 23.4 Å². The van der Waals surface area contributed by atoms with Crippen LogP contribution in [0.25, 0.3) is 0 Å². The molecule has 3 aromatic rings. The molecule has 0 saturated heterocycles. The minimum Gasteiger partial charge on any atom is -0.458 e. The zero-order chi connectivity index (χ0) is 26.5. The molecule has 3 rings (SSSR count). The van der Waals surface area contributed by atoms with E-state index in [9.17, 15) is 14.0 Å². The van der Waals surface area contributed by atoms with Crippen LogP contribution >= 0.6 is 22.6 Å². The van der Waals surface area contributed by atoms with Crippen molar-refractivity contribution >= 4 is 40.2 Å². The number of carbonyl (C=O) groups is 2. The second-order valence-electron chi connectivity index (χ2n) is 9.59. The van der Waals surface area contributed by atoms with Crippen molar-refractivity contribution in [1.82, 2.24) is 4.90 Å². The average Bonchev–Trinajstić information content (AvgIpc) is 2.83. The van der Waals surface area contributed by atoms with Crippen molar-refractivity contribution in [3.05, 3.63) is 104 Å². The number of rotatable bonds is 7. The highest BCUT2D eigenvalue weighted by Crippen LogP contribution is 2.25. The van der Waals surface area contributed by atoms with Crippen molar-refractivity contribution in [2.24, 2.45) is 4.99 Å². The van der Waals surface area contributed by atoms with Gasteiger partial charge in [0.1, 0.15) is 11.4 Å². The first-order chi connectivity index (χ1) is 17.0. The lowest BCUT2D eigenvalue weighted by molar-refractivity contribution is -0.156. The Labute approximate surface area is 225 Å². The Bertz CT molecular complexity index is 1210. The molecular weight excluding hydrogens is 570 g/mol. The number of ether oxygens (including phenoxy) is 1. The lowest BCUT2D eigenvalue weighted by Gasteiger charge is -2.24. The molecule has 0 aliphatic carbocycles. The molecule has 0 aliphatic rings. The molecular formula is C29H30FIN2O3. The van der Waals surface area contributed by atoms with Gasteiger partial charge in [-0.2, -0.15) is 0 Å². The summed E-state index contributed by atoms with van der Waals surface area (Å²) in [5.74, 6) is -1.38. The fourth-order valence-electron chi connectivity index (χ4n) is 3.61. The SMILES string of the molecule is CN(C)C(=O)c1cc(F)cc(CC(N=C(c2ccccc2)c2ccccc2)C(=O)OC(C)(C)C)c1I. The van der Waals surface area contributed by atoms with Gasteiger partial charge < -0.3 is 9.64 Å². The van der Waals surface area contributed by atoms with Gasteiger partial charge in [-0.25, -0.2) is 9.18 Å². The Hall–Kier alpha value is -3.07. The van der Waals surface area contributed by atoms with Crippen LogP contribution in [0.15, 0.2) is 77.8 Å². The first-order valence-corrected chi connectivity index (χ1v) is 12.6. The van der Waals surface area contributed by atoms with Crippen molar-refractivity contribution in [2.75, 3.05) is 14.1 Å². The first kappa shape index (κ1) is 27.5. The summed E-state index contributed by atoms with van der Waals surface area (Å²) in [4.78, 5) is 32.3. The van der Waals surface area contributed by atoms with Crippen molar-refractivity contribution < 1.29 is 18.7 Å². The Morgan fingerprint density at radius 3 is 1.97 bits per heavy atom. The molecule has 36 heavy (non-hydrogen) atoms. The lowest BCUT2D eigenvalue weighted by Crippen LogP contribution is -2.33. The summed E-state index contributed by atoms with van der Waals surface area (Å²) in [7, 11) is 3.23. The van der Waals surface area contributed by atoms with Crippen LogP contribution in [0.4, 0.5) is 4.39 Å². The third-order valence-corrected chi connectivity index (χ3v) is 6.49. The van der Waals surface area contributed by atoms with Crippen molar-refractivity contribution in [2.45, 2.75) is 38.8 Å². The van der Waals surface area contributed by atoms with Crippen LogP contribution in [0.3, 0.4) is 0 Å². The van der Waals surface area contributed by atoms with E-state index in [1.54, 1.807) is 34.9 Å². The maximum atomic E-state index is 14.6. The summed E-state index contributed by atoms with van der Waals surface area (Å²) in [6.45, 7) is 5.38. The van der Waals surface area contributed by atoms with E-state index in [1.165, 1.54) is 17.0 Å². The van der Waals surface area contributed by atoms with Crippen molar-refractivity contribution in [3.8, 4) is 0 Å². The first-order valence-electron chi connectivity index (χ1n) is 11.6. The summed E-state index contributed by atoms with van der Waals surface area (Å²) < 4.78 is 20.9. The predicted molar refractivity (Wildman–Crippen MR) is 149 cm³/mol. The molecule has 7 heteroatoms. The molecule has 3 aromatic carbocycles. The van der Waals surface area contributed by atoms with E-state index in [4.69, 9.17) is 9.73 Å². The van der Waals surface area contributed by atoms with Crippen LogP contribution in [0, 0.1) is 9.39 Å². The molecule has 0 heterocycles. The molecule has 0 radical (unpaired) electrons. The summed E-state index contributed by atoms with van der Waals surface area (Å²) >= 11 is 2.03.